The molecule has 0 atom stereocenters. The first-order valence-corrected chi connectivity index (χ1v) is 12.0. The van der Waals surface area contributed by atoms with Crippen LogP contribution in [-0.2, 0) is 16.2 Å². The molecule has 0 aromatic heterocycles. The Balaban J connectivity index is 1.56. The number of para-hydroxylation sites is 1. The summed E-state index contributed by atoms with van der Waals surface area (Å²) in [6.45, 7) is 0.281. The fourth-order valence-electron chi connectivity index (χ4n) is 3.19. The van der Waals surface area contributed by atoms with Crippen LogP contribution >= 0.6 is 58.0 Å². The van der Waals surface area contributed by atoms with Gasteiger partial charge < -0.3 is 4.74 Å². The Labute approximate surface area is 223 Å². The smallest absolute Gasteiger partial charge is 0.270 e. The first-order chi connectivity index (χ1) is 16.2. The van der Waals surface area contributed by atoms with Crippen molar-refractivity contribution >= 4 is 86.7 Å². The zero-order valence-corrected chi connectivity index (χ0v) is 21.6. The SMILES string of the molecule is O=C1NC(=S)N(c2ccccc2F)C(=O)/C1=C/c1ccc(OCc2ccc(Cl)c(Cl)c2)c(I)c1. The molecule has 1 aliphatic heterocycles. The zero-order chi connectivity index (χ0) is 24.4. The van der Waals surface area contributed by atoms with E-state index in [4.69, 9.17) is 40.2 Å². The summed E-state index contributed by atoms with van der Waals surface area (Å²) in [4.78, 5) is 26.5. The van der Waals surface area contributed by atoms with Crippen LogP contribution in [0, 0.1) is 9.39 Å². The van der Waals surface area contributed by atoms with Crippen LogP contribution in [0.15, 0.2) is 66.2 Å². The molecule has 0 aliphatic carbocycles. The number of carbonyl (C=O) groups is 2. The zero-order valence-electron chi connectivity index (χ0n) is 17.2. The van der Waals surface area contributed by atoms with E-state index in [0.717, 1.165) is 14.0 Å². The molecule has 1 fully saturated rings. The van der Waals surface area contributed by atoms with E-state index in [1.54, 1.807) is 36.4 Å². The van der Waals surface area contributed by atoms with Gasteiger partial charge in [0.2, 0.25) is 0 Å². The van der Waals surface area contributed by atoms with Gasteiger partial charge in [-0.1, -0.05) is 47.5 Å². The number of nitrogens with zero attached hydrogens (tertiary/aromatic N) is 1. The molecule has 5 nitrogen and oxygen atoms in total. The molecule has 1 aliphatic rings. The highest BCUT2D eigenvalue weighted by molar-refractivity contribution is 14.1. The van der Waals surface area contributed by atoms with Gasteiger partial charge in [0.1, 0.15) is 23.7 Å². The third-order valence-electron chi connectivity index (χ3n) is 4.84. The molecule has 4 rings (SSSR count). The van der Waals surface area contributed by atoms with E-state index in [0.29, 0.717) is 21.4 Å². The lowest BCUT2D eigenvalue weighted by atomic mass is 10.1. The second-order valence-corrected chi connectivity index (χ2v) is 9.50. The molecule has 10 heteroatoms. The second-order valence-electron chi connectivity index (χ2n) is 7.14. The van der Waals surface area contributed by atoms with Crippen LogP contribution in [0.25, 0.3) is 6.08 Å². The van der Waals surface area contributed by atoms with Crippen LogP contribution in [0.4, 0.5) is 10.1 Å². The number of carbonyl (C=O) groups excluding carboxylic acids is 2. The van der Waals surface area contributed by atoms with Gasteiger partial charge in [0, 0.05) is 0 Å². The molecule has 3 aromatic carbocycles. The predicted molar refractivity (Wildman–Crippen MR) is 143 cm³/mol. The molecule has 172 valence electrons. The standard InChI is InChI=1S/C24H14Cl2FIN2O3S/c25-16-7-5-14(10-17(16)26)12-33-21-8-6-13(11-19(21)28)9-15-22(31)29-24(34)30(23(15)32)20-4-2-1-3-18(20)27/h1-11H,12H2,(H,29,31,34)/b15-9+. The van der Waals surface area contributed by atoms with Crippen molar-refractivity contribution in [2.45, 2.75) is 6.61 Å². The first kappa shape index (κ1) is 24.6. The molecule has 0 saturated carbocycles. The average molecular weight is 627 g/mol. The Morgan fingerprint density at radius 1 is 1.06 bits per heavy atom. The van der Waals surface area contributed by atoms with Gasteiger partial charge in [-0.25, -0.2) is 9.29 Å². The Hall–Kier alpha value is -2.53. The van der Waals surface area contributed by atoms with Crippen molar-refractivity contribution in [1.29, 1.82) is 0 Å². The number of hydrogen-bond donors (Lipinski definition) is 1. The summed E-state index contributed by atoms with van der Waals surface area (Å²) in [5.74, 6) is -1.39. The quantitative estimate of drug-likeness (QED) is 0.160. The van der Waals surface area contributed by atoms with Crippen molar-refractivity contribution in [3.8, 4) is 5.75 Å². The molecule has 1 saturated heterocycles. The number of benzene rings is 3. The van der Waals surface area contributed by atoms with Crippen LogP contribution in [-0.4, -0.2) is 16.9 Å². The van der Waals surface area contributed by atoms with E-state index >= 15 is 0 Å². The maximum Gasteiger partial charge on any atom is 0.270 e. The minimum absolute atomic E-state index is 0.0379. The molecule has 1 heterocycles. The largest absolute Gasteiger partial charge is 0.488 e. The maximum absolute atomic E-state index is 14.3. The second kappa shape index (κ2) is 10.4. The van der Waals surface area contributed by atoms with Gasteiger partial charge in [0.15, 0.2) is 5.11 Å². The number of thiocarbonyl (C=S) groups is 1. The van der Waals surface area contributed by atoms with Gasteiger partial charge >= 0.3 is 0 Å². The molecular formula is C24H14Cl2FIN2O3S. The summed E-state index contributed by atoms with van der Waals surface area (Å²) >= 11 is 19.2. The van der Waals surface area contributed by atoms with Gasteiger partial charge in [-0.3, -0.25) is 14.9 Å². The summed E-state index contributed by atoms with van der Waals surface area (Å²) in [5.41, 5.74) is 1.23. The number of halogens is 4. The van der Waals surface area contributed by atoms with Crippen molar-refractivity contribution in [3.63, 3.8) is 0 Å². The Kier molecular flexibility index (Phi) is 7.51. The van der Waals surface area contributed by atoms with Gasteiger partial charge in [0.05, 0.1) is 19.3 Å². The Morgan fingerprint density at radius 3 is 2.53 bits per heavy atom. The summed E-state index contributed by atoms with van der Waals surface area (Å²) in [6.07, 6.45) is 1.43. The van der Waals surface area contributed by atoms with Crippen molar-refractivity contribution in [2.75, 3.05) is 4.90 Å². The minimum Gasteiger partial charge on any atom is -0.488 e. The van der Waals surface area contributed by atoms with Crippen LogP contribution in [0.3, 0.4) is 0 Å². The average Bonchev–Trinajstić information content (AvgIpc) is 2.79. The summed E-state index contributed by atoms with van der Waals surface area (Å²) in [7, 11) is 0. The summed E-state index contributed by atoms with van der Waals surface area (Å²) in [5, 5.41) is 3.17. The third-order valence-corrected chi connectivity index (χ3v) is 6.71. The van der Waals surface area contributed by atoms with Crippen LogP contribution in [0.2, 0.25) is 10.0 Å². The molecular weight excluding hydrogens is 613 g/mol. The normalized spacial score (nSPS) is 15.0. The van der Waals surface area contributed by atoms with Crippen LogP contribution in [0.5, 0.6) is 5.75 Å². The number of hydrogen-bond acceptors (Lipinski definition) is 4. The lowest BCUT2D eigenvalue weighted by Crippen LogP contribution is -2.54. The molecule has 1 N–H and O–H groups in total. The lowest BCUT2D eigenvalue weighted by Gasteiger charge is -2.29. The van der Waals surface area contributed by atoms with E-state index in [-0.39, 0.29) is 23.0 Å². The highest BCUT2D eigenvalue weighted by Crippen LogP contribution is 2.28. The molecule has 0 bridgehead atoms. The predicted octanol–water partition coefficient (Wildman–Crippen LogP) is 6.15. The van der Waals surface area contributed by atoms with Crippen molar-refractivity contribution in [2.24, 2.45) is 0 Å². The van der Waals surface area contributed by atoms with Crippen molar-refractivity contribution < 1.29 is 18.7 Å². The molecule has 0 spiro atoms. The van der Waals surface area contributed by atoms with Crippen LogP contribution in [0.1, 0.15) is 11.1 Å². The van der Waals surface area contributed by atoms with E-state index in [1.165, 1.54) is 24.3 Å². The minimum atomic E-state index is -0.714. The lowest BCUT2D eigenvalue weighted by molar-refractivity contribution is -0.122. The van der Waals surface area contributed by atoms with Gasteiger partial charge in [-0.05, 0) is 88.4 Å². The van der Waals surface area contributed by atoms with Crippen LogP contribution < -0.4 is 15.0 Å². The van der Waals surface area contributed by atoms with E-state index in [1.807, 2.05) is 6.07 Å². The number of amides is 2. The fourth-order valence-corrected chi connectivity index (χ4v) is 4.48. The van der Waals surface area contributed by atoms with Gasteiger partial charge in [0.25, 0.3) is 11.8 Å². The number of anilines is 1. The summed E-state index contributed by atoms with van der Waals surface area (Å²) < 4.78 is 20.9. The van der Waals surface area contributed by atoms with Crippen molar-refractivity contribution in [1.82, 2.24) is 5.32 Å². The molecule has 3 aromatic rings. The topological polar surface area (TPSA) is 58.6 Å². The maximum atomic E-state index is 14.3. The first-order valence-electron chi connectivity index (χ1n) is 9.77. The Bertz CT molecular complexity index is 1370. The highest BCUT2D eigenvalue weighted by Gasteiger charge is 2.35. The summed E-state index contributed by atoms with van der Waals surface area (Å²) in [6, 6.07) is 16.2. The van der Waals surface area contributed by atoms with E-state index < -0.39 is 17.6 Å². The fraction of sp³-hybridized carbons (Fsp3) is 0.0417. The Morgan fingerprint density at radius 2 is 1.82 bits per heavy atom. The molecule has 34 heavy (non-hydrogen) atoms. The highest BCUT2D eigenvalue weighted by atomic mass is 127. The monoisotopic (exact) mass is 626 g/mol. The number of ether oxygens (including phenoxy) is 1. The van der Waals surface area contributed by atoms with Gasteiger partial charge in [-0.2, -0.15) is 0 Å². The molecule has 0 radical (unpaired) electrons. The molecule has 2 amide bonds. The number of nitrogens with one attached hydrogen (secondary N) is 1. The number of rotatable bonds is 5. The van der Waals surface area contributed by atoms with E-state index in [2.05, 4.69) is 27.9 Å². The molecule has 0 unspecified atom stereocenters. The van der Waals surface area contributed by atoms with Gasteiger partial charge in [-0.15, -0.1) is 0 Å². The van der Waals surface area contributed by atoms with E-state index in [9.17, 15) is 14.0 Å². The van der Waals surface area contributed by atoms with Crippen molar-refractivity contribution in [3.05, 3.63) is 96.8 Å². The third kappa shape index (κ3) is 5.25.